The minimum Gasteiger partial charge on any atom is -0.232 e. The Hall–Kier alpha value is -0.250. The fraction of sp³-hybridized carbons (Fsp3) is 0. The van der Waals surface area contributed by atoms with Gasteiger partial charge in [-0.2, -0.15) is 0 Å². The smallest absolute Gasteiger partial charge is 0.0704 e. The molecule has 0 spiro atoms. The molecule has 4 heteroatoms. The molecule has 2 N–H and O–H groups in total. The van der Waals surface area contributed by atoms with E-state index in [4.69, 9.17) is 17.6 Å². The molecular weight excluding hydrogens is 215 g/mol. The summed E-state index contributed by atoms with van der Waals surface area (Å²) in [5.41, 5.74) is 0.768. The van der Waals surface area contributed by atoms with Gasteiger partial charge in [0.15, 0.2) is 0 Å². The lowest BCUT2D eigenvalue weighted by atomic mass is 10.3. The maximum Gasteiger partial charge on any atom is 0.0704 e. The molecule has 2 nitrogen and oxygen atoms in total. The van der Waals surface area contributed by atoms with Gasteiger partial charge in [0.25, 0.3) is 0 Å². The zero-order valence-electron chi connectivity index (χ0n) is 5.09. The van der Waals surface area contributed by atoms with Crippen LogP contribution >= 0.6 is 27.7 Å². The third-order valence-electron chi connectivity index (χ3n) is 1.07. The van der Waals surface area contributed by atoms with E-state index in [9.17, 15) is 0 Å². The molecule has 0 saturated heterocycles. The van der Waals surface area contributed by atoms with Gasteiger partial charge in [-0.25, -0.2) is 10.4 Å². The van der Waals surface area contributed by atoms with Crippen molar-refractivity contribution in [2.24, 2.45) is 5.84 Å². The topological polar surface area (TPSA) is 29.3 Å². The summed E-state index contributed by atoms with van der Waals surface area (Å²) in [5.74, 6) is 5.25. The van der Waals surface area contributed by atoms with E-state index in [1.165, 1.54) is 0 Å². The monoisotopic (exact) mass is 220 g/mol. The molecule has 1 aromatic rings. The molecule has 54 valence electrons. The van der Waals surface area contributed by atoms with Crippen LogP contribution in [0.1, 0.15) is 0 Å². The average molecular weight is 221 g/mol. The van der Waals surface area contributed by atoms with Gasteiger partial charge in [0.2, 0.25) is 0 Å². The van der Waals surface area contributed by atoms with E-state index in [-0.39, 0.29) is 0 Å². The maximum atomic E-state index is 5.45. The van der Waals surface area contributed by atoms with Crippen LogP contribution in [0.15, 0.2) is 28.7 Å². The Labute approximate surface area is 72.8 Å². The molecule has 0 unspecified atom stereocenters. The average Bonchev–Trinajstić information content (AvgIpc) is 1.88. The summed E-state index contributed by atoms with van der Waals surface area (Å²) >= 11 is 8.74. The number of rotatable bonds is 1. The number of hydrogen-bond donors (Lipinski definition) is 1. The molecule has 1 rings (SSSR count). The van der Waals surface area contributed by atoms with Gasteiger partial charge in [0, 0.05) is 16.2 Å². The quantitative estimate of drug-likeness (QED) is 0.448. The second kappa shape index (κ2) is 3.23. The first kappa shape index (κ1) is 7.85. The van der Waals surface area contributed by atoms with Crippen molar-refractivity contribution in [3.8, 4) is 0 Å². The van der Waals surface area contributed by atoms with Crippen LogP contribution in [0.25, 0.3) is 0 Å². The van der Waals surface area contributed by atoms with Crippen molar-refractivity contribution in [1.29, 1.82) is 0 Å². The molecule has 0 heterocycles. The van der Waals surface area contributed by atoms with Crippen molar-refractivity contribution in [3.63, 3.8) is 0 Å². The highest BCUT2D eigenvalue weighted by molar-refractivity contribution is 9.10. The predicted octanol–water partition coefficient (Wildman–Crippen LogP) is 2.28. The summed E-state index contributed by atoms with van der Waals surface area (Å²) in [6.07, 6.45) is 0. The first-order valence-corrected chi connectivity index (χ1v) is 3.79. The summed E-state index contributed by atoms with van der Waals surface area (Å²) < 4.78 is 2.06. The van der Waals surface area contributed by atoms with E-state index in [2.05, 4.69) is 15.9 Å². The van der Waals surface area contributed by atoms with E-state index in [0.717, 1.165) is 14.7 Å². The van der Waals surface area contributed by atoms with Gasteiger partial charge in [0.1, 0.15) is 0 Å². The van der Waals surface area contributed by atoms with Gasteiger partial charge in [-0.3, -0.25) is 0 Å². The highest BCUT2D eigenvalue weighted by Gasteiger charge is 1.94. The number of hydrazine groups is 1. The normalized spacial score (nSPS) is 9.50. The standard InChI is InChI=1S/C6H6BrClN2/c7-5-1-3-6(4-2-5)10(8)9/h1-4H,9H2. The Bertz CT molecular complexity index is 209. The molecule has 0 fully saturated rings. The molecular formula is C6H6BrClN2. The Kier molecular flexibility index (Phi) is 2.54. The summed E-state index contributed by atoms with van der Waals surface area (Å²) in [6.45, 7) is 0. The molecule has 0 bridgehead atoms. The van der Waals surface area contributed by atoms with Crippen LogP contribution in [0.4, 0.5) is 5.69 Å². The fourth-order valence-corrected chi connectivity index (χ4v) is 0.961. The number of hydrogen-bond acceptors (Lipinski definition) is 2. The number of nitrogens with two attached hydrogens (primary N) is 1. The Morgan fingerprint density at radius 1 is 1.30 bits per heavy atom. The SMILES string of the molecule is NN(Cl)c1ccc(Br)cc1. The van der Waals surface area contributed by atoms with Gasteiger partial charge in [-0.05, 0) is 24.3 Å². The second-order valence-electron chi connectivity index (χ2n) is 1.79. The number of anilines is 1. The molecule has 0 aliphatic rings. The van der Waals surface area contributed by atoms with E-state index < -0.39 is 0 Å². The molecule has 10 heavy (non-hydrogen) atoms. The first-order valence-electron chi connectivity index (χ1n) is 2.66. The Morgan fingerprint density at radius 3 is 2.20 bits per heavy atom. The molecule has 0 atom stereocenters. The Balaban J connectivity index is 2.89. The van der Waals surface area contributed by atoms with Crippen LogP contribution in [-0.2, 0) is 0 Å². The minimum atomic E-state index is 0.768. The summed E-state index contributed by atoms with van der Waals surface area (Å²) in [4.78, 5) is 0. The van der Waals surface area contributed by atoms with E-state index in [0.29, 0.717) is 0 Å². The second-order valence-corrected chi connectivity index (χ2v) is 3.07. The Morgan fingerprint density at radius 2 is 1.80 bits per heavy atom. The molecule has 0 aliphatic carbocycles. The van der Waals surface area contributed by atoms with Crippen LogP contribution in [-0.4, -0.2) is 0 Å². The van der Waals surface area contributed by atoms with E-state index in [1.807, 2.05) is 24.3 Å². The summed E-state index contributed by atoms with van der Waals surface area (Å²) in [5, 5.41) is 0. The lowest BCUT2D eigenvalue weighted by molar-refractivity contribution is 1.19. The molecule has 0 saturated carbocycles. The number of halogens is 2. The summed E-state index contributed by atoms with van der Waals surface area (Å²) in [6, 6.07) is 7.38. The van der Waals surface area contributed by atoms with Crippen molar-refractivity contribution in [3.05, 3.63) is 28.7 Å². The van der Waals surface area contributed by atoms with Crippen LogP contribution in [0.5, 0.6) is 0 Å². The van der Waals surface area contributed by atoms with Gasteiger partial charge in [-0.15, -0.1) is 0 Å². The molecule has 0 amide bonds. The van der Waals surface area contributed by atoms with E-state index >= 15 is 0 Å². The van der Waals surface area contributed by atoms with Crippen LogP contribution in [0.3, 0.4) is 0 Å². The fourth-order valence-electron chi connectivity index (χ4n) is 0.584. The van der Waals surface area contributed by atoms with E-state index in [1.54, 1.807) is 0 Å². The largest absolute Gasteiger partial charge is 0.232 e. The van der Waals surface area contributed by atoms with Crippen LogP contribution < -0.4 is 10.4 Å². The van der Waals surface area contributed by atoms with Crippen molar-refractivity contribution in [1.82, 2.24) is 0 Å². The molecule has 1 aromatic carbocycles. The maximum absolute atomic E-state index is 5.45. The van der Waals surface area contributed by atoms with Crippen LogP contribution in [0, 0.1) is 0 Å². The summed E-state index contributed by atoms with van der Waals surface area (Å²) in [7, 11) is 0. The lowest BCUT2D eigenvalue weighted by Gasteiger charge is -2.06. The van der Waals surface area contributed by atoms with Gasteiger partial charge in [-0.1, -0.05) is 15.9 Å². The third-order valence-corrected chi connectivity index (χ3v) is 1.80. The predicted molar refractivity (Wildman–Crippen MR) is 46.7 cm³/mol. The zero-order chi connectivity index (χ0) is 7.56. The molecule has 0 aliphatic heterocycles. The van der Waals surface area contributed by atoms with Crippen molar-refractivity contribution < 1.29 is 0 Å². The highest BCUT2D eigenvalue weighted by atomic mass is 79.9. The van der Waals surface area contributed by atoms with Gasteiger partial charge in [0.05, 0.1) is 5.69 Å². The van der Waals surface area contributed by atoms with Crippen molar-refractivity contribution >= 4 is 33.4 Å². The zero-order valence-corrected chi connectivity index (χ0v) is 7.43. The van der Waals surface area contributed by atoms with Crippen LogP contribution in [0.2, 0.25) is 0 Å². The van der Waals surface area contributed by atoms with Gasteiger partial charge >= 0.3 is 0 Å². The molecule has 0 radical (unpaired) electrons. The third kappa shape index (κ3) is 1.87. The van der Waals surface area contributed by atoms with Gasteiger partial charge < -0.3 is 0 Å². The number of benzene rings is 1. The lowest BCUT2D eigenvalue weighted by Crippen LogP contribution is -2.17. The minimum absolute atomic E-state index is 0.768. The molecule has 0 aromatic heterocycles. The highest BCUT2D eigenvalue weighted by Crippen LogP contribution is 2.16. The van der Waals surface area contributed by atoms with Crippen molar-refractivity contribution in [2.75, 3.05) is 4.53 Å². The van der Waals surface area contributed by atoms with Crippen molar-refractivity contribution in [2.45, 2.75) is 0 Å². The first-order chi connectivity index (χ1) is 4.70. The number of nitrogens with zero attached hydrogens (tertiary/aromatic N) is 1.